The second-order valence-electron chi connectivity index (χ2n) is 6.34. The number of carbonyl (C=O) groups is 2. The largest absolute Gasteiger partial charge is 0.492 e. The van der Waals surface area contributed by atoms with Crippen LogP contribution in [0, 0.1) is 0 Å². The summed E-state index contributed by atoms with van der Waals surface area (Å²) in [6.45, 7) is 2.65. The summed E-state index contributed by atoms with van der Waals surface area (Å²) in [5.41, 5.74) is 7.05. The average Bonchev–Trinajstić information content (AvgIpc) is 2.75. The number of ether oxygens (including phenoxy) is 2. The van der Waals surface area contributed by atoms with Crippen LogP contribution in [0.5, 0.6) is 17.2 Å². The summed E-state index contributed by atoms with van der Waals surface area (Å²) >= 11 is 0. The van der Waals surface area contributed by atoms with Crippen molar-refractivity contribution in [2.45, 2.75) is 13.5 Å². The zero-order valence-corrected chi connectivity index (χ0v) is 16.6. The van der Waals surface area contributed by atoms with Gasteiger partial charge in [0.15, 0.2) is 0 Å². The van der Waals surface area contributed by atoms with Crippen molar-refractivity contribution in [3.05, 3.63) is 83.9 Å². The van der Waals surface area contributed by atoms with Gasteiger partial charge in [-0.15, -0.1) is 0 Å². The van der Waals surface area contributed by atoms with E-state index in [-0.39, 0.29) is 12.6 Å². The fraction of sp³-hybridized carbons (Fsp3) is 0.130. The Balaban J connectivity index is 1.63. The number of benzene rings is 3. The first-order valence-electron chi connectivity index (χ1n) is 9.49. The zero-order valence-electron chi connectivity index (χ0n) is 16.6. The van der Waals surface area contributed by atoms with Gasteiger partial charge in [-0.1, -0.05) is 30.3 Å². The molecule has 0 radical (unpaired) electrons. The highest BCUT2D eigenvalue weighted by molar-refractivity contribution is 5.93. The molecular weight excluding hydrogens is 382 g/mol. The zero-order chi connectivity index (χ0) is 21.3. The van der Waals surface area contributed by atoms with Crippen molar-refractivity contribution in [2.24, 2.45) is 5.73 Å². The van der Waals surface area contributed by atoms with E-state index in [9.17, 15) is 9.59 Å². The van der Waals surface area contributed by atoms with Gasteiger partial charge < -0.3 is 25.8 Å². The third-order valence-corrected chi connectivity index (χ3v) is 4.21. The van der Waals surface area contributed by atoms with Gasteiger partial charge in [-0.2, -0.15) is 0 Å². The van der Waals surface area contributed by atoms with Crippen molar-refractivity contribution in [3.63, 3.8) is 0 Å². The first kappa shape index (κ1) is 20.7. The van der Waals surface area contributed by atoms with Gasteiger partial charge in [-0.25, -0.2) is 4.79 Å². The predicted molar refractivity (Wildman–Crippen MR) is 115 cm³/mol. The van der Waals surface area contributed by atoms with Crippen LogP contribution in [0.1, 0.15) is 22.8 Å². The first-order chi connectivity index (χ1) is 14.6. The molecule has 0 bridgehead atoms. The van der Waals surface area contributed by atoms with E-state index in [1.165, 1.54) is 0 Å². The fourth-order valence-corrected chi connectivity index (χ4v) is 2.76. The maximum atomic E-state index is 12.4. The lowest BCUT2D eigenvalue weighted by molar-refractivity contribution is 0.1000. The summed E-state index contributed by atoms with van der Waals surface area (Å²) < 4.78 is 11.4. The molecule has 3 rings (SSSR count). The summed E-state index contributed by atoms with van der Waals surface area (Å²) in [4.78, 5) is 23.5. The molecular formula is C23H23N3O4. The number of urea groups is 1. The quantitative estimate of drug-likeness (QED) is 0.520. The van der Waals surface area contributed by atoms with Crippen LogP contribution in [0.25, 0.3) is 0 Å². The molecule has 0 aliphatic carbocycles. The highest BCUT2D eigenvalue weighted by atomic mass is 16.5. The van der Waals surface area contributed by atoms with E-state index in [0.29, 0.717) is 35.1 Å². The van der Waals surface area contributed by atoms with E-state index in [1.807, 2.05) is 37.3 Å². The minimum absolute atomic E-state index is 0.262. The monoisotopic (exact) mass is 405 g/mol. The third-order valence-electron chi connectivity index (χ3n) is 4.21. The van der Waals surface area contributed by atoms with Gasteiger partial charge in [0.25, 0.3) is 0 Å². The van der Waals surface area contributed by atoms with Gasteiger partial charge in [-0.3, -0.25) is 4.79 Å². The van der Waals surface area contributed by atoms with Crippen molar-refractivity contribution in [1.29, 1.82) is 0 Å². The molecule has 3 aromatic carbocycles. The Morgan fingerprint density at radius 2 is 1.57 bits per heavy atom. The molecule has 0 aliphatic rings. The number of hydrogen-bond acceptors (Lipinski definition) is 4. The van der Waals surface area contributed by atoms with Crippen LogP contribution in [-0.2, 0) is 6.54 Å². The smallest absolute Gasteiger partial charge is 0.319 e. The number of hydrogen-bond donors (Lipinski definition) is 3. The molecule has 0 heterocycles. The molecule has 0 saturated carbocycles. The van der Waals surface area contributed by atoms with Crippen LogP contribution in [0.15, 0.2) is 72.8 Å². The fourth-order valence-electron chi connectivity index (χ4n) is 2.76. The Hall–Kier alpha value is -4.00. The van der Waals surface area contributed by atoms with Crippen LogP contribution >= 0.6 is 0 Å². The summed E-state index contributed by atoms with van der Waals surface area (Å²) in [5.74, 6) is 1.27. The first-order valence-corrected chi connectivity index (χ1v) is 9.49. The molecule has 154 valence electrons. The third kappa shape index (κ3) is 5.51. The number of amides is 3. The molecule has 4 N–H and O–H groups in total. The van der Waals surface area contributed by atoms with Crippen molar-refractivity contribution in [3.8, 4) is 17.2 Å². The van der Waals surface area contributed by atoms with Gasteiger partial charge in [0, 0.05) is 17.7 Å². The van der Waals surface area contributed by atoms with Crippen LogP contribution in [0.2, 0.25) is 0 Å². The van der Waals surface area contributed by atoms with Crippen molar-refractivity contribution >= 4 is 17.6 Å². The van der Waals surface area contributed by atoms with Crippen LogP contribution in [-0.4, -0.2) is 18.5 Å². The Morgan fingerprint density at radius 1 is 0.900 bits per heavy atom. The average molecular weight is 405 g/mol. The number of nitrogens with one attached hydrogen (secondary N) is 2. The Bertz CT molecular complexity index is 1020. The van der Waals surface area contributed by atoms with Gasteiger partial charge in [0.1, 0.15) is 17.2 Å². The van der Waals surface area contributed by atoms with Crippen LogP contribution < -0.4 is 25.8 Å². The summed E-state index contributed by atoms with van der Waals surface area (Å²) in [7, 11) is 0. The number of anilines is 1. The lowest BCUT2D eigenvalue weighted by Gasteiger charge is -2.14. The van der Waals surface area contributed by atoms with Gasteiger partial charge >= 0.3 is 6.03 Å². The molecule has 3 aromatic rings. The second-order valence-corrected chi connectivity index (χ2v) is 6.34. The van der Waals surface area contributed by atoms with Gasteiger partial charge in [0.2, 0.25) is 5.91 Å². The van der Waals surface area contributed by atoms with Crippen LogP contribution in [0.3, 0.4) is 0 Å². The van der Waals surface area contributed by atoms with Gasteiger partial charge in [-0.05, 0) is 49.4 Å². The normalized spacial score (nSPS) is 10.2. The highest BCUT2D eigenvalue weighted by Crippen LogP contribution is 2.26. The van der Waals surface area contributed by atoms with Crippen LogP contribution in [0.4, 0.5) is 10.5 Å². The molecule has 0 atom stereocenters. The Morgan fingerprint density at radius 3 is 2.27 bits per heavy atom. The van der Waals surface area contributed by atoms with Gasteiger partial charge in [0.05, 0.1) is 12.3 Å². The van der Waals surface area contributed by atoms with E-state index in [4.69, 9.17) is 15.2 Å². The molecule has 0 fully saturated rings. The SMILES string of the molecule is CCOc1ccccc1NC(=O)NCc1ccccc1Oc1ccc(C(N)=O)cc1. The molecule has 0 aromatic heterocycles. The Kier molecular flexibility index (Phi) is 6.89. The van der Waals surface area contributed by atoms with E-state index in [1.54, 1.807) is 42.5 Å². The molecule has 7 heteroatoms. The lowest BCUT2D eigenvalue weighted by atomic mass is 10.2. The van der Waals surface area contributed by atoms with Crippen molar-refractivity contribution < 1.29 is 19.1 Å². The second kappa shape index (κ2) is 9.97. The number of nitrogens with two attached hydrogens (primary N) is 1. The highest BCUT2D eigenvalue weighted by Gasteiger charge is 2.10. The Labute approximate surface area is 174 Å². The summed E-state index contributed by atoms with van der Waals surface area (Å²) in [6, 6.07) is 20.8. The molecule has 0 aliphatic heterocycles. The minimum atomic E-state index is -0.497. The number of rotatable bonds is 8. The maximum absolute atomic E-state index is 12.4. The predicted octanol–water partition coefficient (Wildman–Crippen LogP) is 4.30. The van der Waals surface area contributed by atoms with E-state index in [0.717, 1.165) is 5.56 Å². The van der Waals surface area contributed by atoms with E-state index >= 15 is 0 Å². The lowest BCUT2D eigenvalue weighted by Crippen LogP contribution is -2.28. The topological polar surface area (TPSA) is 103 Å². The van der Waals surface area contributed by atoms with E-state index in [2.05, 4.69) is 10.6 Å². The van der Waals surface area contributed by atoms with Crippen molar-refractivity contribution in [1.82, 2.24) is 5.32 Å². The maximum Gasteiger partial charge on any atom is 0.319 e. The molecule has 7 nitrogen and oxygen atoms in total. The van der Waals surface area contributed by atoms with Crippen molar-refractivity contribution in [2.75, 3.05) is 11.9 Å². The molecule has 0 saturated heterocycles. The standard InChI is InChI=1S/C23H23N3O4/c1-2-29-21-10-6-4-8-19(21)26-23(28)25-15-17-7-3-5-9-20(17)30-18-13-11-16(12-14-18)22(24)27/h3-14H,2,15H2,1H3,(H2,24,27)(H2,25,26,28). The number of primary amides is 1. The number of para-hydroxylation sites is 3. The molecule has 0 spiro atoms. The van der Waals surface area contributed by atoms with E-state index < -0.39 is 5.91 Å². The summed E-state index contributed by atoms with van der Waals surface area (Å²) in [5, 5.41) is 5.61. The summed E-state index contributed by atoms with van der Waals surface area (Å²) in [6.07, 6.45) is 0. The number of carbonyl (C=O) groups excluding carboxylic acids is 2. The molecule has 0 unspecified atom stereocenters. The molecule has 3 amide bonds. The minimum Gasteiger partial charge on any atom is -0.492 e. The molecule has 30 heavy (non-hydrogen) atoms.